The van der Waals surface area contributed by atoms with Crippen LogP contribution in [0.15, 0.2) is 48.7 Å². The highest BCUT2D eigenvalue weighted by molar-refractivity contribution is 5.92. The van der Waals surface area contributed by atoms with E-state index in [2.05, 4.69) is 4.98 Å². The number of rotatable bonds is 3. The number of nitrogens with zero attached hydrogens (tertiary/aromatic N) is 1. The third kappa shape index (κ3) is 2.37. The molecule has 1 atom stereocenters. The van der Waals surface area contributed by atoms with E-state index in [-0.39, 0.29) is 11.9 Å². The van der Waals surface area contributed by atoms with Crippen molar-refractivity contribution in [2.45, 2.75) is 13.0 Å². The average molecular weight is 229 g/mol. The van der Waals surface area contributed by atoms with Gasteiger partial charge in [-0.3, -0.25) is 9.80 Å². The summed E-state index contributed by atoms with van der Waals surface area (Å²) in [6, 6.07) is 13.0. The van der Waals surface area contributed by atoms with E-state index in [1.54, 1.807) is 18.3 Å². The number of H-pyrrole nitrogens is 1. The number of hydrogen-bond donors (Lipinski definition) is 2. The lowest BCUT2D eigenvalue weighted by Gasteiger charge is -2.24. The molecule has 0 saturated carbocycles. The highest BCUT2D eigenvalue weighted by atomic mass is 16.2. The average Bonchev–Trinajstić information content (AvgIpc) is 2.91. The minimum atomic E-state index is -0.216. The Labute approximate surface area is 100 Å². The van der Waals surface area contributed by atoms with E-state index < -0.39 is 0 Å². The minimum absolute atomic E-state index is 0.160. The number of nitrogens with two attached hydrogens (primary N) is 1. The zero-order valence-corrected chi connectivity index (χ0v) is 9.63. The van der Waals surface area contributed by atoms with Crippen LogP contribution in [-0.4, -0.2) is 15.9 Å². The van der Waals surface area contributed by atoms with Crippen molar-refractivity contribution < 1.29 is 4.79 Å². The first-order valence-electron chi connectivity index (χ1n) is 5.46. The zero-order valence-electron chi connectivity index (χ0n) is 9.63. The number of hydrogen-bond acceptors (Lipinski definition) is 2. The normalized spacial score (nSPS) is 12.1. The summed E-state index contributed by atoms with van der Waals surface area (Å²) in [6.45, 7) is 1.90. The fourth-order valence-electron chi connectivity index (χ4n) is 1.67. The van der Waals surface area contributed by atoms with Crippen molar-refractivity contribution in [3.05, 3.63) is 59.9 Å². The van der Waals surface area contributed by atoms with Crippen molar-refractivity contribution in [3.8, 4) is 0 Å². The molecule has 4 nitrogen and oxygen atoms in total. The van der Waals surface area contributed by atoms with Crippen molar-refractivity contribution in [2.75, 3.05) is 0 Å². The molecule has 0 spiro atoms. The topological polar surface area (TPSA) is 62.1 Å². The molecule has 4 heteroatoms. The maximum absolute atomic E-state index is 12.0. The van der Waals surface area contributed by atoms with E-state index in [0.717, 1.165) is 5.56 Å². The van der Waals surface area contributed by atoms with E-state index in [1.807, 2.05) is 37.3 Å². The highest BCUT2D eigenvalue weighted by Crippen LogP contribution is 2.18. The van der Waals surface area contributed by atoms with E-state index in [4.69, 9.17) is 5.84 Å². The van der Waals surface area contributed by atoms with Crippen LogP contribution in [0.5, 0.6) is 0 Å². The van der Waals surface area contributed by atoms with Gasteiger partial charge in [0.2, 0.25) is 0 Å². The standard InChI is InChI=1S/C13H15N3O/c1-10(11-6-3-2-4-7-11)16(14)13(17)12-8-5-9-15-12/h2-10,15H,14H2,1H3. The van der Waals surface area contributed by atoms with Crippen molar-refractivity contribution in [1.82, 2.24) is 9.99 Å². The third-order valence-corrected chi connectivity index (χ3v) is 2.76. The van der Waals surface area contributed by atoms with Crippen LogP contribution in [0.4, 0.5) is 0 Å². The van der Waals surface area contributed by atoms with E-state index >= 15 is 0 Å². The van der Waals surface area contributed by atoms with Crippen LogP contribution in [0.3, 0.4) is 0 Å². The molecular weight excluding hydrogens is 214 g/mol. The van der Waals surface area contributed by atoms with Crippen LogP contribution < -0.4 is 5.84 Å². The third-order valence-electron chi connectivity index (χ3n) is 2.76. The molecule has 1 unspecified atom stereocenters. The predicted octanol–water partition coefficient (Wildman–Crippen LogP) is 2.09. The van der Waals surface area contributed by atoms with Gasteiger partial charge < -0.3 is 4.98 Å². The number of amides is 1. The van der Waals surface area contributed by atoms with Gasteiger partial charge in [-0.15, -0.1) is 0 Å². The lowest BCUT2D eigenvalue weighted by molar-refractivity contribution is 0.0685. The molecule has 1 aromatic carbocycles. The second kappa shape index (κ2) is 4.84. The molecule has 0 saturated heterocycles. The lowest BCUT2D eigenvalue weighted by Crippen LogP contribution is -2.39. The van der Waals surface area contributed by atoms with Gasteiger partial charge in [0, 0.05) is 6.20 Å². The van der Waals surface area contributed by atoms with Crippen molar-refractivity contribution in [3.63, 3.8) is 0 Å². The van der Waals surface area contributed by atoms with Gasteiger partial charge >= 0.3 is 0 Å². The largest absolute Gasteiger partial charge is 0.357 e. The van der Waals surface area contributed by atoms with Crippen LogP contribution in [0.2, 0.25) is 0 Å². The molecule has 0 aliphatic rings. The molecule has 0 aliphatic carbocycles. The van der Waals surface area contributed by atoms with E-state index in [0.29, 0.717) is 5.69 Å². The summed E-state index contributed by atoms with van der Waals surface area (Å²) in [4.78, 5) is 14.8. The van der Waals surface area contributed by atoms with E-state index in [9.17, 15) is 4.79 Å². The molecule has 0 radical (unpaired) electrons. The Hall–Kier alpha value is -2.07. The molecule has 0 fully saturated rings. The van der Waals surface area contributed by atoms with E-state index in [1.165, 1.54) is 5.01 Å². The Bertz CT molecular complexity index is 479. The summed E-state index contributed by atoms with van der Waals surface area (Å²) in [7, 11) is 0. The van der Waals surface area contributed by atoms with Gasteiger partial charge in [-0.1, -0.05) is 30.3 Å². The molecule has 3 N–H and O–H groups in total. The molecule has 2 rings (SSSR count). The van der Waals surface area contributed by atoms with Crippen LogP contribution in [0, 0.1) is 0 Å². The van der Waals surface area contributed by atoms with Gasteiger partial charge in [0.15, 0.2) is 0 Å². The molecule has 0 bridgehead atoms. The first-order chi connectivity index (χ1) is 8.20. The summed E-state index contributed by atoms with van der Waals surface area (Å²) in [6.07, 6.45) is 1.70. The second-order valence-electron chi connectivity index (χ2n) is 3.88. The number of nitrogens with one attached hydrogen (secondary N) is 1. The maximum atomic E-state index is 12.0. The van der Waals surface area contributed by atoms with Crippen LogP contribution >= 0.6 is 0 Å². The Morgan fingerprint density at radius 2 is 1.94 bits per heavy atom. The predicted molar refractivity (Wildman–Crippen MR) is 66.0 cm³/mol. The van der Waals surface area contributed by atoms with Gasteiger partial charge in [-0.2, -0.15) is 0 Å². The van der Waals surface area contributed by atoms with Crippen molar-refractivity contribution >= 4 is 5.91 Å². The van der Waals surface area contributed by atoms with Crippen LogP contribution in [-0.2, 0) is 0 Å². The number of carbonyl (C=O) groups excluding carboxylic acids is 1. The fourth-order valence-corrected chi connectivity index (χ4v) is 1.67. The van der Waals surface area contributed by atoms with Gasteiger partial charge in [0.1, 0.15) is 5.69 Å². The first kappa shape index (κ1) is 11.4. The summed E-state index contributed by atoms with van der Waals surface area (Å²) in [5.41, 5.74) is 1.50. The van der Waals surface area contributed by atoms with Crippen LogP contribution in [0.25, 0.3) is 0 Å². The molecule has 1 amide bonds. The Morgan fingerprint density at radius 3 is 2.53 bits per heavy atom. The molecule has 1 heterocycles. The highest BCUT2D eigenvalue weighted by Gasteiger charge is 2.19. The molecule has 88 valence electrons. The van der Waals surface area contributed by atoms with Gasteiger partial charge in [0.05, 0.1) is 6.04 Å². The second-order valence-corrected chi connectivity index (χ2v) is 3.88. The van der Waals surface area contributed by atoms with Crippen molar-refractivity contribution in [1.29, 1.82) is 0 Å². The Morgan fingerprint density at radius 1 is 1.24 bits per heavy atom. The number of carbonyl (C=O) groups is 1. The van der Waals surface area contributed by atoms with Crippen LogP contribution in [0.1, 0.15) is 29.0 Å². The number of aromatic amines is 1. The molecule has 1 aromatic heterocycles. The molecule has 2 aromatic rings. The summed E-state index contributed by atoms with van der Waals surface area (Å²) >= 11 is 0. The van der Waals surface area contributed by atoms with Gasteiger partial charge in [-0.05, 0) is 24.6 Å². The van der Waals surface area contributed by atoms with Crippen molar-refractivity contribution in [2.24, 2.45) is 5.84 Å². The SMILES string of the molecule is CC(c1ccccc1)N(N)C(=O)c1ccc[nH]1. The molecular formula is C13H15N3O. The summed E-state index contributed by atoms with van der Waals surface area (Å²) < 4.78 is 0. The monoisotopic (exact) mass is 229 g/mol. The summed E-state index contributed by atoms with van der Waals surface area (Å²) in [5.74, 6) is 5.63. The zero-order chi connectivity index (χ0) is 12.3. The molecule has 0 aliphatic heterocycles. The number of hydrazine groups is 1. The maximum Gasteiger partial charge on any atom is 0.284 e. The Kier molecular flexibility index (Phi) is 3.25. The number of benzene rings is 1. The summed E-state index contributed by atoms with van der Waals surface area (Å²) in [5, 5.41) is 1.24. The molecule has 17 heavy (non-hydrogen) atoms. The lowest BCUT2D eigenvalue weighted by atomic mass is 10.1. The minimum Gasteiger partial charge on any atom is -0.357 e. The smallest absolute Gasteiger partial charge is 0.284 e. The van der Waals surface area contributed by atoms with Gasteiger partial charge in [0.25, 0.3) is 5.91 Å². The van der Waals surface area contributed by atoms with Gasteiger partial charge in [-0.25, -0.2) is 5.84 Å². The first-order valence-corrected chi connectivity index (χ1v) is 5.46. The Balaban J connectivity index is 2.15. The fraction of sp³-hybridized carbons (Fsp3) is 0.154. The quantitative estimate of drug-likeness (QED) is 0.481. The number of aromatic nitrogens is 1.